The van der Waals surface area contributed by atoms with E-state index in [1.807, 2.05) is 30.3 Å². The number of carbonyl (C=O) groups excluding carboxylic acids is 1. The van der Waals surface area contributed by atoms with Crippen molar-refractivity contribution in [1.29, 1.82) is 0 Å². The second-order valence-electron chi connectivity index (χ2n) is 6.95. The van der Waals surface area contributed by atoms with Gasteiger partial charge in [0.25, 0.3) is 0 Å². The number of likely N-dealkylation sites (tertiary alicyclic amines) is 1. The van der Waals surface area contributed by atoms with E-state index in [9.17, 15) is 9.18 Å². The fraction of sp³-hybridized carbons (Fsp3) is 0.286. The Bertz CT molecular complexity index is 952. The lowest BCUT2D eigenvalue weighted by molar-refractivity contribution is -0.123. The number of piperidine rings is 1. The minimum atomic E-state index is -0.514. The Morgan fingerprint density at radius 1 is 1.07 bits per heavy atom. The topological polar surface area (TPSA) is 85.3 Å². The molecule has 0 spiro atoms. The third kappa shape index (κ3) is 3.66. The molecule has 1 fully saturated rings. The summed E-state index contributed by atoms with van der Waals surface area (Å²) in [6, 6.07) is 15.5. The number of aromatic nitrogens is 2. The zero-order valence-corrected chi connectivity index (χ0v) is 15.3. The summed E-state index contributed by atoms with van der Waals surface area (Å²) in [5.41, 5.74) is 6.73. The van der Waals surface area contributed by atoms with Crippen molar-refractivity contribution in [3.63, 3.8) is 0 Å². The summed E-state index contributed by atoms with van der Waals surface area (Å²) in [7, 11) is 0. The smallest absolute Gasteiger partial charge is 0.247 e. The lowest BCUT2D eigenvalue weighted by atomic mass is 9.93. The largest absolute Gasteiger partial charge is 0.419 e. The van der Waals surface area contributed by atoms with Gasteiger partial charge in [-0.05, 0) is 44.1 Å². The van der Waals surface area contributed by atoms with Gasteiger partial charge >= 0.3 is 0 Å². The average Bonchev–Trinajstić information content (AvgIpc) is 3.20. The van der Waals surface area contributed by atoms with Gasteiger partial charge in [-0.1, -0.05) is 36.4 Å². The number of nitrogens with two attached hydrogens (primary N) is 1. The second kappa shape index (κ2) is 7.90. The van der Waals surface area contributed by atoms with Crippen molar-refractivity contribution >= 4 is 5.91 Å². The summed E-state index contributed by atoms with van der Waals surface area (Å²) in [5, 5.41) is 8.38. The number of benzene rings is 2. The molecule has 0 radical (unpaired) electrons. The summed E-state index contributed by atoms with van der Waals surface area (Å²) in [6.45, 7) is 1.19. The van der Waals surface area contributed by atoms with E-state index in [2.05, 4.69) is 15.1 Å². The van der Waals surface area contributed by atoms with E-state index in [0.29, 0.717) is 43.3 Å². The molecule has 1 aliphatic rings. The van der Waals surface area contributed by atoms with E-state index in [-0.39, 0.29) is 17.6 Å². The SMILES string of the molecule is NC(=O)C1CCN(C(c2nnc(-c3ccccc3)o2)c2ccccc2F)CC1. The highest BCUT2D eigenvalue weighted by Gasteiger charge is 2.34. The van der Waals surface area contributed by atoms with Crippen LogP contribution >= 0.6 is 0 Å². The van der Waals surface area contributed by atoms with Crippen LogP contribution < -0.4 is 5.73 Å². The fourth-order valence-corrected chi connectivity index (χ4v) is 3.67. The molecule has 2 aromatic carbocycles. The highest BCUT2D eigenvalue weighted by molar-refractivity contribution is 5.76. The van der Waals surface area contributed by atoms with Crippen molar-refractivity contribution in [3.8, 4) is 11.5 Å². The Morgan fingerprint density at radius 2 is 1.75 bits per heavy atom. The summed E-state index contributed by atoms with van der Waals surface area (Å²) in [5.74, 6) is -0.0410. The third-order valence-electron chi connectivity index (χ3n) is 5.19. The first-order chi connectivity index (χ1) is 13.6. The molecule has 28 heavy (non-hydrogen) atoms. The summed E-state index contributed by atoms with van der Waals surface area (Å²) in [4.78, 5) is 13.6. The van der Waals surface area contributed by atoms with E-state index >= 15 is 0 Å². The quantitative estimate of drug-likeness (QED) is 0.735. The maximum absolute atomic E-state index is 14.6. The van der Waals surface area contributed by atoms with Gasteiger partial charge in [-0.25, -0.2) is 4.39 Å². The van der Waals surface area contributed by atoms with Crippen molar-refractivity contribution in [2.75, 3.05) is 13.1 Å². The fourth-order valence-electron chi connectivity index (χ4n) is 3.67. The second-order valence-corrected chi connectivity index (χ2v) is 6.95. The Kier molecular flexibility index (Phi) is 5.16. The Labute approximate surface area is 162 Å². The molecule has 4 rings (SSSR count). The molecule has 0 aliphatic carbocycles. The van der Waals surface area contributed by atoms with Crippen LogP contribution in [0.1, 0.15) is 30.3 Å². The van der Waals surface area contributed by atoms with Crippen molar-refractivity contribution in [2.45, 2.75) is 18.9 Å². The summed E-state index contributed by atoms with van der Waals surface area (Å²) in [6.07, 6.45) is 1.25. The predicted molar refractivity (Wildman–Crippen MR) is 101 cm³/mol. The van der Waals surface area contributed by atoms with Crippen LogP contribution in [0.15, 0.2) is 59.0 Å². The molecule has 1 aromatic heterocycles. The molecule has 144 valence electrons. The molecule has 2 heterocycles. The standard InChI is InChI=1S/C21H21FN4O2/c22-17-9-5-4-8-16(17)18(26-12-10-14(11-13-26)19(23)27)21-25-24-20(28-21)15-6-2-1-3-7-15/h1-9,14,18H,10-13H2,(H2,23,27). The summed E-state index contributed by atoms with van der Waals surface area (Å²) < 4.78 is 20.6. The number of hydrogen-bond donors (Lipinski definition) is 1. The lowest BCUT2D eigenvalue weighted by Crippen LogP contribution is -2.41. The van der Waals surface area contributed by atoms with E-state index < -0.39 is 6.04 Å². The monoisotopic (exact) mass is 380 g/mol. The van der Waals surface area contributed by atoms with Crippen LogP contribution in [0.3, 0.4) is 0 Å². The van der Waals surface area contributed by atoms with E-state index in [1.165, 1.54) is 6.07 Å². The normalized spacial score (nSPS) is 16.8. The minimum absolute atomic E-state index is 0.153. The van der Waals surface area contributed by atoms with Crippen LogP contribution in [-0.2, 0) is 4.79 Å². The maximum Gasteiger partial charge on any atom is 0.247 e. The molecule has 1 saturated heterocycles. The first-order valence-electron chi connectivity index (χ1n) is 9.30. The zero-order chi connectivity index (χ0) is 19.5. The number of primary amides is 1. The zero-order valence-electron chi connectivity index (χ0n) is 15.3. The number of hydrogen-bond acceptors (Lipinski definition) is 5. The molecule has 0 bridgehead atoms. The molecule has 1 unspecified atom stereocenters. The van der Waals surface area contributed by atoms with Gasteiger partial charge in [-0.3, -0.25) is 9.69 Å². The molecular weight excluding hydrogens is 359 g/mol. The molecule has 2 N–H and O–H groups in total. The summed E-state index contributed by atoms with van der Waals surface area (Å²) >= 11 is 0. The molecule has 1 atom stereocenters. The number of rotatable bonds is 5. The lowest BCUT2D eigenvalue weighted by Gasteiger charge is -2.35. The molecule has 3 aromatic rings. The Morgan fingerprint density at radius 3 is 2.43 bits per heavy atom. The van der Waals surface area contributed by atoms with Crippen molar-refractivity contribution in [3.05, 3.63) is 71.9 Å². The van der Waals surface area contributed by atoms with Gasteiger partial charge in [-0.2, -0.15) is 0 Å². The van der Waals surface area contributed by atoms with E-state index in [0.717, 1.165) is 5.56 Å². The first kappa shape index (κ1) is 18.3. The van der Waals surface area contributed by atoms with E-state index in [4.69, 9.17) is 10.2 Å². The molecule has 1 amide bonds. The van der Waals surface area contributed by atoms with Crippen LogP contribution in [0.25, 0.3) is 11.5 Å². The van der Waals surface area contributed by atoms with Gasteiger partial charge in [0, 0.05) is 17.0 Å². The number of nitrogens with zero attached hydrogens (tertiary/aromatic N) is 3. The average molecular weight is 380 g/mol. The Balaban J connectivity index is 1.68. The molecule has 7 heteroatoms. The van der Waals surface area contributed by atoms with Gasteiger partial charge in [0.1, 0.15) is 11.9 Å². The van der Waals surface area contributed by atoms with Crippen LogP contribution in [0.5, 0.6) is 0 Å². The highest BCUT2D eigenvalue weighted by atomic mass is 19.1. The van der Waals surface area contributed by atoms with E-state index in [1.54, 1.807) is 18.2 Å². The molecule has 0 saturated carbocycles. The number of halogens is 1. The molecular formula is C21H21FN4O2. The van der Waals surface area contributed by atoms with Gasteiger partial charge in [-0.15, -0.1) is 10.2 Å². The van der Waals surface area contributed by atoms with Crippen LogP contribution in [0.4, 0.5) is 4.39 Å². The van der Waals surface area contributed by atoms with Crippen LogP contribution in [0.2, 0.25) is 0 Å². The minimum Gasteiger partial charge on any atom is -0.419 e. The third-order valence-corrected chi connectivity index (χ3v) is 5.19. The maximum atomic E-state index is 14.6. The number of carbonyl (C=O) groups is 1. The van der Waals surface area contributed by atoms with Gasteiger partial charge in [0.05, 0.1) is 0 Å². The molecule has 6 nitrogen and oxygen atoms in total. The van der Waals surface area contributed by atoms with Crippen LogP contribution in [-0.4, -0.2) is 34.1 Å². The van der Waals surface area contributed by atoms with Crippen LogP contribution in [0, 0.1) is 11.7 Å². The Hall–Kier alpha value is -3.06. The van der Waals surface area contributed by atoms with Gasteiger partial charge in [0.15, 0.2) is 0 Å². The van der Waals surface area contributed by atoms with Gasteiger partial charge < -0.3 is 10.2 Å². The first-order valence-corrected chi connectivity index (χ1v) is 9.30. The molecule has 1 aliphatic heterocycles. The van der Waals surface area contributed by atoms with Crippen molar-refractivity contribution < 1.29 is 13.6 Å². The van der Waals surface area contributed by atoms with Gasteiger partial charge in [0.2, 0.25) is 17.7 Å². The van der Waals surface area contributed by atoms with Crippen molar-refractivity contribution in [1.82, 2.24) is 15.1 Å². The predicted octanol–water partition coefficient (Wildman–Crippen LogP) is 3.16. The van der Waals surface area contributed by atoms with Crippen molar-refractivity contribution in [2.24, 2.45) is 11.7 Å². The number of amides is 1. The highest BCUT2D eigenvalue weighted by Crippen LogP contribution is 2.34.